The second-order valence-electron chi connectivity index (χ2n) is 6.47. The van der Waals surface area contributed by atoms with Crippen molar-refractivity contribution in [3.8, 4) is 5.75 Å². The van der Waals surface area contributed by atoms with Gasteiger partial charge in [0.1, 0.15) is 11.3 Å². The van der Waals surface area contributed by atoms with Gasteiger partial charge in [0.15, 0.2) is 0 Å². The molecule has 2 aromatic rings. The average Bonchev–Trinajstić information content (AvgIpc) is 2.60. The minimum absolute atomic E-state index is 0.324. The lowest BCUT2D eigenvalue weighted by Gasteiger charge is -2.30. The van der Waals surface area contributed by atoms with E-state index < -0.39 is 10.8 Å². The number of benzene rings is 1. The lowest BCUT2D eigenvalue weighted by molar-refractivity contribution is 0.419. The van der Waals surface area contributed by atoms with E-state index in [4.69, 9.17) is 4.74 Å². The van der Waals surface area contributed by atoms with Gasteiger partial charge < -0.3 is 10.1 Å². The van der Waals surface area contributed by atoms with Crippen molar-refractivity contribution >= 4 is 27.4 Å². The van der Waals surface area contributed by atoms with E-state index in [1.807, 2.05) is 26.0 Å². The molecule has 0 saturated heterocycles. The van der Waals surface area contributed by atoms with Gasteiger partial charge in [0, 0.05) is 44.6 Å². The molecule has 1 aliphatic carbocycles. The Morgan fingerprint density at radius 3 is 2.96 bits per heavy atom. The van der Waals surface area contributed by atoms with Crippen LogP contribution in [0.15, 0.2) is 24.3 Å². The number of nitrogens with zero attached hydrogens (tertiary/aromatic N) is 1. The Hall–Kier alpha value is -1.62. The van der Waals surface area contributed by atoms with Crippen LogP contribution in [0.1, 0.15) is 38.3 Å². The largest absolute Gasteiger partial charge is 0.494 e. The highest BCUT2D eigenvalue weighted by Gasteiger charge is 2.26. The van der Waals surface area contributed by atoms with Gasteiger partial charge in [-0.2, -0.15) is 0 Å². The summed E-state index contributed by atoms with van der Waals surface area (Å²) in [6.07, 6.45) is 4.33. The molecule has 130 valence electrons. The van der Waals surface area contributed by atoms with Gasteiger partial charge in [0.05, 0.1) is 7.11 Å². The minimum atomic E-state index is -0.701. The van der Waals surface area contributed by atoms with Gasteiger partial charge in [0.25, 0.3) is 0 Å². The van der Waals surface area contributed by atoms with Gasteiger partial charge in [-0.3, -0.25) is 4.21 Å². The number of hydrogen-bond donors (Lipinski definition) is 1. The highest BCUT2D eigenvalue weighted by atomic mass is 32.2. The zero-order valence-corrected chi connectivity index (χ0v) is 15.5. The molecule has 1 heterocycles. The summed E-state index contributed by atoms with van der Waals surface area (Å²) in [6, 6.07) is 8.49. The first-order valence-electron chi connectivity index (χ1n) is 8.70. The van der Waals surface area contributed by atoms with Gasteiger partial charge in [-0.15, -0.1) is 0 Å². The molecule has 0 radical (unpaired) electrons. The number of fused-ring (bicyclic) bond motifs is 1. The van der Waals surface area contributed by atoms with Crippen LogP contribution >= 0.6 is 0 Å². The van der Waals surface area contributed by atoms with Crippen LogP contribution in [0.3, 0.4) is 0 Å². The van der Waals surface area contributed by atoms with E-state index in [1.54, 1.807) is 7.11 Å². The van der Waals surface area contributed by atoms with Crippen LogP contribution in [0.25, 0.3) is 10.9 Å². The van der Waals surface area contributed by atoms with Crippen LogP contribution < -0.4 is 10.1 Å². The Bertz CT molecular complexity index is 747. The predicted molar refractivity (Wildman–Crippen MR) is 101 cm³/mol. The molecule has 0 bridgehead atoms. The average molecular weight is 346 g/mol. The monoisotopic (exact) mass is 346 g/mol. The van der Waals surface area contributed by atoms with Crippen LogP contribution in [0.4, 0.5) is 5.69 Å². The van der Waals surface area contributed by atoms with Crippen molar-refractivity contribution in [2.24, 2.45) is 0 Å². The summed E-state index contributed by atoms with van der Waals surface area (Å²) in [5, 5.41) is 5.10. The predicted octanol–water partition coefficient (Wildman–Crippen LogP) is 4.04. The molecule has 1 aliphatic rings. The Morgan fingerprint density at radius 2 is 2.21 bits per heavy atom. The number of hydrogen-bond acceptors (Lipinski definition) is 4. The third kappa shape index (κ3) is 3.56. The molecule has 1 aromatic carbocycles. The molecule has 0 amide bonds. The van der Waals surface area contributed by atoms with Crippen molar-refractivity contribution in [1.29, 1.82) is 0 Å². The third-order valence-electron chi connectivity index (χ3n) is 4.79. The zero-order chi connectivity index (χ0) is 17.1. The number of aromatic nitrogens is 1. The first-order chi connectivity index (χ1) is 11.6. The summed E-state index contributed by atoms with van der Waals surface area (Å²) in [6.45, 7) is 4.02. The summed E-state index contributed by atoms with van der Waals surface area (Å²) in [5.74, 6) is 1.55. The number of rotatable bonds is 5. The highest BCUT2D eigenvalue weighted by molar-refractivity contribution is 7.85. The number of ether oxygens (including phenoxy) is 1. The maximum absolute atomic E-state index is 12.2. The van der Waals surface area contributed by atoms with Gasteiger partial charge >= 0.3 is 0 Å². The molecule has 1 fully saturated rings. The van der Waals surface area contributed by atoms with E-state index in [-0.39, 0.29) is 0 Å². The Balaban J connectivity index is 1.88. The third-order valence-corrected chi connectivity index (χ3v) is 6.53. The van der Waals surface area contributed by atoms with E-state index in [1.165, 1.54) is 0 Å². The smallest absolute Gasteiger partial charge is 0.145 e. The van der Waals surface area contributed by atoms with Gasteiger partial charge in [-0.1, -0.05) is 25.5 Å². The standard InChI is InChI=1S/C19H26N2O2S/c1-4-24(22)15-8-5-7-14(12-15)21-17-11-13(2)20-19-16(17)9-6-10-18(19)23-3/h6,9-11,14-15H,4-5,7-8,12H2,1-3H3,(H,20,21). The molecule has 1 aromatic heterocycles. The molecule has 4 nitrogen and oxygen atoms in total. The van der Waals surface area contributed by atoms with Crippen molar-refractivity contribution in [2.75, 3.05) is 18.2 Å². The van der Waals surface area contributed by atoms with E-state index in [0.29, 0.717) is 11.3 Å². The fourth-order valence-corrected chi connectivity index (χ4v) is 4.95. The second-order valence-corrected chi connectivity index (χ2v) is 8.47. The quantitative estimate of drug-likeness (QED) is 0.887. The van der Waals surface area contributed by atoms with E-state index in [2.05, 4.69) is 22.4 Å². The van der Waals surface area contributed by atoms with Gasteiger partial charge in [-0.05, 0) is 38.3 Å². The topological polar surface area (TPSA) is 51.2 Å². The molecular formula is C19H26N2O2S. The Kier molecular flexibility index (Phi) is 5.39. The SMILES string of the molecule is CCS(=O)C1CCCC(Nc2cc(C)nc3c(OC)cccc23)C1. The molecule has 3 rings (SSSR count). The lowest BCUT2D eigenvalue weighted by Crippen LogP contribution is -2.33. The van der Waals surface area contributed by atoms with E-state index in [0.717, 1.165) is 59.5 Å². The summed E-state index contributed by atoms with van der Waals surface area (Å²) < 4.78 is 17.6. The van der Waals surface area contributed by atoms with Crippen LogP contribution in [0, 0.1) is 6.92 Å². The summed E-state index contributed by atoms with van der Waals surface area (Å²) in [5.41, 5.74) is 2.97. The van der Waals surface area contributed by atoms with Crippen molar-refractivity contribution in [3.63, 3.8) is 0 Å². The normalized spacial score (nSPS) is 22.3. The molecule has 3 atom stereocenters. The number of para-hydroxylation sites is 1. The van der Waals surface area contributed by atoms with Gasteiger partial charge in [0.2, 0.25) is 0 Å². The summed E-state index contributed by atoms with van der Waals surface area (Å²) >= 11 is 0. The van der Waals surface area contributed by atoms with Crippen molar-refractivity contribution in [1.82, 2.24) is 4.98 Å². The molecule has 0 spiro atoms. The van der Waals surface area contributed by atoms with Crippen LogP contribution in [-0.4, -0.2) is 33.3 Å². The molecule has 24 heavy (non-hydrogen) atoms. The highest BCUT2D eigenvalue weighted by Crippen LogP contribution is 2.32. The number of pyridine rings is 1. The van der Waals surface area contributed by atoms with Crippen LogP contribution in [0.5, 0.6) is 5.75 Å². The maximum atomic E-state index is 12.2. The fourth-order valence-electron chi connectivity index (χ4n) is 3.60. The maximum Gasteiger partial charge on any atom is 0.145 e. The lowest BCUT2D eigenvalue weighted by atomic mass is 9.94. The molecular weight excluding hydrogens is 320 g/mol. The summed E-state index contributed by atoms with van der Waals surface area (Å²) in [4.78, 5) is 4.64. The zero-order valence-electron chi connectivity index (χ0n) is 14.7. The summed E-state index contributed by atoms with van der Waals surface area (Å²) in [7, 11) is 0.977. The molecule has 3 unspecified atom stereocenters. The van der Waals surface area contributed by atoms with E-state index in [9.17, 15) is 4.21 Å². The molecule has 5 heteroatoms. The number of anilines is 1. The Morgan fingerprint density at radius 1 is 1.38 bits per heavy atom. The molecule has 1 saturated carbocycles. The van der Waals surface area contributed by atoms with Crippen molar-refractivity contribution in [3.05, 3.63) is 30.0 Å². The van der Waals surface area contributed by atoms with E-state index >= 15 is 0 Å². The van der Waals surface area contributed by atoms with Crippen LogP contribution in [-0.2, 0) is 10.8 Å². The number of nitrogens with one attached hydrogen (secondary N) is 1. The fraction of sp³-hybridized carbons (Fsp3) is 0.526. The number of methoxy groups -OCH3 is 1. The minimum Gasteiger partial charge on any atom is -0.494 e. The van der Waals surface area contributed by atoms with Crippen LogP contribution in [0.2, 0.25) is 0 Å². The molecule has 0 aliphatic heterocycles. The van der Waals surface area contributed by atoms with Crippen molar-refractivity contribution in [2.45, 2.75) is 50.8 Å². The first kappa shape index (κ1) is 17.2. The number of aryl methyl sites for hydroxylation is 1. The molecule has 1 N–H and O–H groups in total. The Labute approximate surface area is 146 Å². The first-order valence-corrected chi connectivity index (χ1v) is 10.1. The van der Waals surface area contributed by atoms with Gasteiger partial charge in [-0.25, -0.2) is 4.98 Å². The second kappa shape index (κ2) is 7.51. The van der Waals surface area contributed by atoms with Crippen molar-refractivity contribution < 1.29 is 8.95 Å².